The van der Waals surface area contributed by atoms with Crippen LogP contribution in [-0.2, 0) is 4.74 Å². The van der Waals surface area contributed by atoms with Crippen molar-refractivity contribution in [1.82, 2.24) is 4.90 Å². The zero-order valence-corrected chi connectivity index (χ0v) is 13.2. The quantitative estimate of drug-likeness (QED) is 0.877. The smallest absolute Gasteiger partial charge is 0.0615 e. The van der Waals surface area contributed by atoms with E-state index in [2.05, 4.69) is 59.9 Å². The highest BCUT2D eigenvalue weighted by Crippen LogP contribution is 2.25. The highest BCUT2D eigenvalue weighted by molar-refractivity contribution is 9.10. The van der Waals surface area contributed by atoms with Gasteiger partial charge in [-0.05, 0) is 38.1 Å². The number of nitrogens with two attached hydrogens (primary N) is 1. The first-order chi connectivity index (χ1) is 8.51. The normalized spacial score (nSPS) is 14.8. The van der Waals surface area contributed by atoms with Crippen molar-refractivity contribution < 1.29 is 4.74 Å². The molecular weight excluding hydrogens is 292 g/mol. The van der Waals surface area contributed by atoms with Crippen LogP contribution < -0.4 is 5.73 Å². The predicted molar refractivity (Wildman–Crippen MR) is 79.8 cm³/mol. The minimum Gasteiger partial charge on any atom is -0.383 e. The molecule has 0 aromatic heterocycles. The second kappa shape index (κ2) is 7.24. The van der Waals surface area contributed by atoms with E-state index in [0.717, 1.165) is 4.47 Å². The molecule has 1 aromatic carbocycles. The van der Waals surface area contributed by atoms with Gasteiger partial charge in [0.05, 0.1) is 6.61 Å². The van der Waals surface area contributed by atoms with E-state index in [1.54, 1.807) is 7.11 Å². The van der Waals surface area contributed by atoms with Crippen molar-refractivity contribution in [2.75, 3.05) is 27.3 Å². The van der Waals surface area contributed by atoms with Gasteiger partial charge < -0.3 is 10.5 Å². The van der Waals surface area contributed by atoms with E-state index in [1.807, 2.05) is 0 Å². The third-order valence-corrected chi connectivity index (χ3v) is 4.27. The maximum absolute atomic E-state index is 5.93. The Morgan fingerprint density at radius 3 is 2.61 bits per heavy atom. The molecule has 0 saturated heterocycles. The van der Waals surface area contributed by atoms with Gasteiger partial charge in [0.1, 0.15) is 0 Å². The van der Waals surface area contributed by atoms with Crippen LogP contribution in [0.4, 0.5) is 0 Å². The topological polar surface area (TPSA) is 38.5 Å². The fourth-order valence-corrected chi connectivity index (χ4v) is 2.33. The van der Waals surface area contributed by atoms with Crippen LogP contribution in [0.25, 0.3) is 0 Å². The zero-order valence-electron chi connectivity index (χ0n) is 11.6. The van der Waals surface area contributed by atoms with Crippen LogP contribution in [0.5, 0.6) is 0 Å². The molecule has 2 N–H and O–H groups in total. The predicted octanol–water partition coefficient (Wildman–Crippen LogP) is 2.72. The van der Waals surface area contributed by atoms with Crippen LogP contribution in [0.2, 0.25) is 0 Å². The Morgan fingerprint density at radius 2 is 2.11 bits per heavy atom. The highest BCUT2D eigenvalue weighted by atomic mass is 79.9. The lowest BCUT2D eigenvalue weighted by Crippen LogP contribution is -2.39. The van der Waals surface area contributed by atoms with E-state index in [0.29, 0.717) is 19.2 Å². The summed E-state index contributed by atoms with van der Waals surface area (Å²) in [6.07, 6.45) is 0. The molecule has 102 valence electrons. The Hall–Kier alpha value is -0.420. The van der Waals surface area contributed by atoms with E-state index in [1.165, 1.54) is 11.1 Å². The molecule has 4 heteroatoms. The lowest BCUT2D eigenvalue weighted by atomic mass is 10.0. The summed E-state index contributed by atoms with van der Waals surface area (Å²) in [4.78, 5) is 2.27. The molecule has 0 bridgehead atoms. The molecule has 0 aliphatic carbocycles. The monoisotopic (exact) mass is 314 g/mol. The molecule has 0 aliphatic rings. The molecule has 0 amide bonds. The van der Waals surface area contributed by atoms with Crippen molar-refractivity contribution in [1.29, 1.82) is 0 Å². The molecule has 0 saturated carbocycles. The summed E-state index contributed by atoms with van der Waals surface area (Å²) in [6, 6.07) is 6.97. The Morgan fingerprint density at radius 1 is 1.44 bits per heavy atom. The van der Waals surface area contributed by atoms with Gasteiger partial charge in [0.15, 0.2) is 0 Å². The molecule has 1 rings (SSSR count). The SMILES string of the molecule is COCC(C)N(C)C(CN)c1ccc(Br)c(C)c1. The highest BCUT2D eigenvalue weighted by Gasteiger charge is 2.20. The van der Waals surface area contributed by atoms with Crippen LogP contribution in [-0.4, -0.2) is 38.3 Å². The number of methoxy groups -OCH3 is 1. The largest absolute Gasteiger partial charge is 0.383 e. The molecule has 0 fully saturated rings. The molecule has 3 nitrogen and oxygen atoms in total. The Balaban J connectivity index is 2.91. The van der Waals surface area contributed by atoms with Crippen molar-refractivity contribution in [3.05, 3.63) is 33.8 Å². The van der Waals surface area contributed by atoms with E-state index in [9.17, 15) is 0 Å². The van der Waals surface area contributed by atoms with Crippen LogP contribution >= 0.6 is 15.9 Å². The van der Waals surface area contributed by atoms with E-state index in [4.69, 9.17) is 10.5 Å². The minimum atomic E-state index is 0.224. The van der Waals surface area contributed by atoms with E-state index < -0.39 is 0 Å². The van der Waals surface area contributed by atoms with Gasteiger partial charge in [0, 0.05) is 30.2 Å². The van der Waals surface area contributed by atoms with E-state index in [-0.39, 0.29) is 6.04 Å². The summed E-state index contributed by atoms with van der Waals surface area (Å²) in [5.74, 6) is 0. The Kier molecular flexibility index (Phi) is 6.29. The molecule has 1 aromatic rings. The number of benzene rings is 1. The van der Waals surface area contributed by atoms with Crippen molar-refractivity contribution in [2.24, 2.45) is 5.73 Å². The fraction of sp³-hybridized carbons (Fsp3) is 0.571. The number of nitrogens with zero attached hydrogens (tertiary/aromatic N) is 1. The van der Waals surface area contributed by atoms with Gasteiger partial charge in [-0.2, -0.15) is 0 Å². The summed E-state index contributed by atoms with van der Waals surface area (Å²) in [5, 5.41) is 0. The second-order valence-electron chi connectivity index (χ2n) is 4.73. The number of likely N-dealkylation sites (N-methyl/N-ethyl adjacent to an activating group) is 1. The first-order valence-corrected chi connectivity index (χ1v) is 6.97. The molecule has 0 radical (unpaired) electrons. The molecule has 0 spiro atoms. The van der Waals surface area contributed by atoms with Crippen molar-refractivity contribution in [3.8, 4) is 0 Å². The second-order valence-corrected chi connectivity index (χ2v) is 5.58. The van der Waals surface area contributed by atoms with Gasteiger partial charge in [0.2, 0.25) is 0 Å². The molecule has 0 aliphatic heterocycles. The minimum absolute atomic E-state index is 0.224. The average molecular weight is 315 g/mol. The first-order valence-electron chi connectivity index (χ1n) is 6.18. The van der Waals surface area contributed by atoms with Crippen molar-refractivity contribution >= 4 is 15.9 Å². The fourth-order valence-electron chi connectivity index (χ4n) is 2.08. The van der Waals surface area contributed by atoms with Crippen LogP contribution in [0.1, 0.15) is 24.1 Å². The van der Waals surface area contributed by atoms with Gasteiger partial charge in [0.25, 0.3) is 0 Å². The van der Waals surface area contributed by atoms with Gasteiger partial charge in [-0.1, -0.05) is 28.1 Å². The third kappa shape index (κ3) is 3.79. The number of hydrogen-bond donors (Lipinski definition) is 1. The van der Waals surface area contributed by atoms with Crippen LogP contribution in [0, 0.1) is 6.92 Å². The Bertz CT molecular complexity index is 384. The van der Waals surface area contributed by atoms with Crippen molar-refractivity contribution in [2.45, 2.75) is 25.9 Å². The number of aryl methyl sites for hydroxylation is 1. The summed E-state index contributed by atoms with van der Waals surface area (Å²) in [6.45, 7) is 5.56. The van der Waals surface area contributed by atoms with Gasteiger partial charge >= 0.3 is 0 Å². The Labute approximate surface area is 118 Å². The maximum Gasteiger partial charge on any atom is 0.0615 e. The maximum atomic E-state index is 5.93. The summed E-state index contributed by atoms with van der Waals surface area (Å²) in [5.41, 5.74) is 8.42. The molecule has 2 atom stereocenters. The molecule has 0 heterocycles. The summed E-state index contributed by atoms with van der Waals surface area (Å²) >= 11 is 3.53. The first kappa shape index (κ1) is 15.6. The summed E-state index contributed by atoms with van der Waals surface area (Å²) in [7, 11) is 3.82. The number of ether oxygens (including phenoxy) is 1. The van der Waals surface area contributed by atoms with Gasteiger partial charge in [-0.3, -0.25) is 4.90 Å². The number of hydrogen-bond acceptors (Lipinski definition) is 3. The zero-order chi connectivity index (χ0) is 13.7. The molecule has 2 unspecified atom stereocenters. The van der Waals surface area contributed by atoms with Crippen molar-refractivity contribution in [3.63, 3.8) is 0 Å². The molecule has 18 heavy (non-hydrogen) atoms. The lowest BCUT2D eigenvalue weighted by molar-refractivity contribution is 0.0910. The van der Waals surface area contributed by atoms with Gasteiger partial charge in [-0.15, -0.1) is 0 Å². The van der Waals surface area contributed by atoms with Crippen LogP contribution in [0.15, 0.2) is 22.7 Å². The molecular formula is C14H23BrN2O. The average Bonchev–Trinajstić information content (AvgIpc) is 2.34. The van der Waals surface area contributed by atoms with E-state index >= 15 is 0 Å². The lowest BCUT2D eigenvalue weighted by Gasteiger charge is -2.32. The third-order valence-electron chi connectivity index (χ3n) is 3.38. The number of halogens is 1. The van der Waals surface area contributed by atoms with Crippen LogP contribution in [0.3, 0.4) is 0 Å². The summed E-state index contributed by atoms with van der Waals surface area (Å²) < 4.78 is 6.34. The standard InChI is InChI=1S/C14H23BrN2O/c1-10-7-12(5-6-13(10)15)14(8-16)17(3)11(2)9-18-4/h5-7,11,14H,8-9,16H2,1-4H3. The van der Waals surface area contributed by atoms with Gasteiger partial charge in [-0.25, -0.2) is 0 Å². The number of rotatable bonds is 6.